The zero-order valence-electron chi connectivity index (χ0n) is 8.88. The first kappa shape index (κ1) is 10.7. The van der Waals surface area contributed by atoms with Crippen LogP contribution in [-0.4, -0.2) is 12.1 Å². The largest absolute Gasteiger partial charge is 0.497 e. The molecular weight excluding hydrogens is 220 g/mol. The third-order valence-electron chi connectivity index (χ3n) is 2.08. The van der Waals surface area contributed by atoms with E-state index in [-0.39, 0.29) is 0 Å². The summed E-state index contributed by atoms with van der Waals surface area (Å²) >= 11 is 1.44. The molecule has 2 N–H and O–H groups in total. The van der Waals surface area contributed by atoms with Gasteiger partial charge < -0.3 is 10.5 Å². The van der Waals surface area contributed by atoms with Gasteiger partial charge in [-0.1, -0.05) is 18.2 Å². The molecule has 1 heterocycles. The highest BCUT2D eigenvalue weighted by atomic mass is 32.1. The molecule has 2 rings (SSSR count). The Hall–Kier alpha value is -1.81. The summed E-state index contributed by atoms with van der Waals surface area (Å²) in [4.78, 5) is 4.15. The molecule has 0 fully saturated rings. The van der Waals surface area contributed by atoms with Gasteiger partial charge in [-0.25, -0.2) is 4.98 Å². The van der Waals surface area contributed by atoms with Crippen LogP contribution in [0.25, 0.3) is 12.2 Å². The van der Waals surface area contributed by atoms with Gasteiger partial charge in [-0.05, 0) is 23.8 Å². The first-order chi connectivity index (χ1) is 7.78. The first-order valence-corrected chi connectivity index (χ1v) is 5.69. The highest BCUT2D eigenvalue weighted by molar-refractivity contribution is 7.13. The van der Waals surface area contributed by atoms with E-state index in [1.165, 1.54) is 11.3 Å². The van der Waals surface area contributed by atoms with Gasteiger partial charge in [0, 0.05) is 5.38 Å². The maximum Gasteiger partial charge on any atom is 0.180 e. The van der Waals surface area contributed by atoms with Crippen molar-refractivity contribution in [3.63, 3.8) is 0 Å². The number of nitrogens with zero attached hydrogens (tertiary/aromatic N) is 1. The SMILES string of the molecule is COc1cccc(C=Cc2csc(N)n2)c1. The van der Waals surface area contributed by atoms with Crippen molar-refractivity contribution in [3.05, 3.63) is 40.9 Å². The van der Waals surface area contributed by atoms with Crippen LogP contribution >= 0.6 is 11.3 Å². The lowest BCUT2D eigenvalue weighted by Crippen LogP contribution is -1.82. The van der Waals surface area contributed by atoms with Crippen molar-refractivity contribution < 1.29 is 4.74 Å². The third kappa shape index (κ3) is 2.61. The summed E-state index contributed by atoms with van der Waals surface area (Å²) in [6.45, 7) is 0. The average Bonchev–Trinajstić information content (AvgIpc) is 2.73. The number of hydrogen-bond donors (Lipinski definition) is 1. The van der Waals surface area contributed by atoms with Gasteiger partial charge >= 0.3 is 0 Å². The van der Waals surface area contributed by atoms with Gasteiger partial charge in [-0.2, -0.15) is 0 Å². The van der Waals surface area contributed by atoms with E-state index in [0.29, 0.717) is 5.13 Å². The van der Waals surface area contributed by atoms with Crippen LogP contribution in [0.15, 0.2) is 29.6 Å². The monoisotopic (exact) mass is 232 g/mol. The molecule has 0 unspecified atom stereocenters. The van der Waals surface area contributed by atoms with Gasteiger partial charge in [-0.3, -0.25) is 0 Å². The van der Waals surface area contributed by atoms with Crippen molar-refractivity contribution in [2.45, 2.75) is 0 Å². The minimum Gasteiger partial charge on any atom is -0.497 e. The Labute approximate surface area is 98.2 Å². The molecule has 0 atom stereocenters. The molecule has 0 saturated heterocycles. The van der Waals surface area contributed by atoms with E-state index in [0.717, 1.165) is 17.0 Å². The standard InChI is InChI=1S/C12H12N2OS/c1-15-11-4-2-3-9(7-11)5-6-10-8-16-12(13)14-10/h2-8H,1H3,(H2,13,14). The summed E-state index contributed by atoms with van der Waals surface area (Å²) in [5.41, 5.74) is 7.50. The smallest absolute Gasteiger partial charge is 0.180 e. The van der Waals surface area contributed by atoms with Crippen LogP contribution in [0.4, 0.5) is 5.13 Å². The van der Waals surface area contributed by atoms with E-state index in [1.54, 1.807) is 7.11 Å². The number of aromatic nitrogens is 1. The van der Waals surface area contributed by atoms with Crippen LogP contribution in [0, 0.1) is 0 Å². The highest BCUT2D eigenvalue weighted by Crippen LogP contribution is 2.17. The minimum atomic E-state index is 0.588. The quantitative estimate of drug-likeness (QED) is 0.885. The lowest BCUT2D eigenvalue weighted by molar-refractivity contribution is 0.414. The second kappa shape index (κ2) is 4.81. The van der Waals surface area contributed by atoms with E-state index in [9.17, 15) is 0 Å². The molecule has 0 bridgehead atoms. The molecular formula is C12H12N2OS. The number of hydrogen-bond acceptors (Lipinski definition) is 4. The second-order valence-electron chi connectivity index (χ2n) is 3.22. The fourth-order valence-electron chi connectivity index (χ4n) is 1.30. The Morgan fingerprint density at radius 1 is 1.38 bits per heavy atom. The predicted octanol–water partition coefficient (Wildman–Crippen LogP) is 2.90. The van der Waals surface area contributed by atoms with E-state index < -0.39 is 0 Å². The van der Waals surface area contributed by atoms with E-state index in [1.807, 2.05) is 41.8 Å². The van der Waals surface area contributed by atoms with E-state index in [4.69, 9.17) is 10.5 Å². The van der Waals surface area contributed by atoms with E-state index in [2.05, 4.69) is 4.98 Å². The van der Waals surface area contributed by atoms with Crippen LogP contribution in [0.5, 0.6) is 5.75 Å². The van der Waals surface area contributed by atoms with Crippen molar-refractivity contribution in [1.29, 1.82) is 0 Å². The van der Waals surface area contributed by atoms with Crippen LogP contribution in [0.1, 0.15) is 11.3 Å². The summed E-state index contributed by atoms with van der Waals surface area (Å²) in [7, 11) is 1.66. The highest BCUT2D eigenvalue weighted by Gasteiger charge is 1.94. The lowest BCUT2D eigenvalue weighted by atomic mass is 10.2. The molecule has 0 aliphatic heterocycles. The lowest BCUT2D eigenvalue weighted by Gasteiger charge is -1.99. The molecule has 2 aromatic rings. The van der Waals surface area contributed by atoms with Crippen molar-refractivity contribution in [3.8, 4) is 5.75 Å². The summed E-state index contributed by atoms with van der Waals surface area (Å²) in [5.74, 6) is 0.847. The second-order valence-corrected chi connectivity index (χ2v) is 4.11. The third-order valence-corrected chi connectivity index (χ3v) is 2.77. The number of thiazole rings is 1. The Balaban J connectivity index is 2.16. The number of methoxy groups -OCH3 is 1. The maximum atomic E-state index is 5.55. The fraction of sp³-hybridized carbons (Fsp3) is 0.0833. The van der Waals surface area contributed by atoms with Gasteiger partial charge in [0.05, 0.1) is 12.8 Å². The summed E-state index contributed by atoms with van der Waals surface area (Å²) in [5, 5.41) is 2.51. The summed E-state index contributed by atoms with van der Waals surface area (Å²) in [6.07, 6.45) is 3.92. The molecule has 1 aromatic heterocycles. The number of anilines is 1. The van der Waals surface area contributed by atoms with Gasteiger partial charge in [-0.15, -0.1) is 11.3 Å². The Morgan fingerprint density at radius 3 is 2.94 bits per heavy atom. The zero-order valence-corrected chi connectivity index (χ0v) is 9.70. The number of rotatable bonds is 3. The predicted molar refractivity (Wildman–Crippen MR) is 68.4 cm³/mol. The molecule has 0 radical (unpaired) electrons. The van der Waals surface area contributed by atoms with Gasteiger partial charge in [0.25, 0.3) is 0 Å². The number of nitrogen functional groups attached to an aromatic ring is 1. The summed E-state index contributed by atoms with van der Waals surface area (Å²) in [6, 6.07) is 7.84. The van der Waals surface area contributed by atoms with Gasteiger partial charge in [0.15, 0.2) is 5.13 Å². The number of nitrogens with two attached hydrogens (primary N) is 1. The minimum absolute atomic E-state index is 0.588. The molecule has 0 spiro atoms. The Morgan fingerprint density at radius 2 is 2.25 bits per heavy atom. The molecule has 3 nitrogen and oxygen atoms in total. The molecule has 4 heteroatoms. The molecule has 0 aliphatic carbocycles. The van der Waals surface area contributed by atoms with Crippen molar-refractivity contribution in [1.82, 2.24) is 4.98 Å². The van der Waals surface area contributed by atoms with Gasteiger partial charge in [0.2, 0.25) is 0 Å². The molecule has 82 valence electrons. The van der Waals surface area contributed by atoms with Crippen LogP contribution in [0.2, 0.25) is 0 Å². The zero-order chi connectivity index (χ0) is 11.4. The molecule has 16 heavy (non-hydrogen) atoms. The van der Waals surface area contributed by atoms with Crippen molar-refractivity contribution in [2.24, 2.45) is 0 Å². The van der Waals surface area contributed by atoms with Crippen LogP contribution < -0.4 is 10.5 Å². The molecule has 0 aliphatic rings. The normalized spacial score (nSPS) is 10.8. The van der Waals surface area contributed by atoms with Crippen molar-refractivity contribution >= 4 is 28.6 Å². The van der Waals surface area contributed by atoms with E-state index >= 15 is 0 Å². The van der Waals surface area contributed by atoms with Crippen molar-refractivity contribution in [2.75, 3.05) is 12.8 Å². The Kier molecular flexibility index (Phi) is 3.22. The average molecular weight is 232 g/mol. The molecule has 1 aromatic carbocycles. The van der Waals surface area contributed by atoms with Crippen LogP contribution in [-0.2, 0) is 0 Å². The summed E-state index contributed by atoms with van der Waals surface area (Å²) < 4.78 is 5.14. The maximum absolute atomic E-state index is 5.55. The number of benzene rings is 1. The topological polar surface area (TPSA) is 48.1 Å². The molecule has 0 saturated carbocycles. The first-order valence-electron chi connectivity index (χ1n) is 4.81. The fourth-order valence-corrected chi connectivity index (χ4v) is 1.83. The number of ether oxygens (including phenoxy) is 1. The Bertz CT molecular complexity index is 505. The van der Waals surface area contributed by atoms with Crippen LogP contribution in [0.3, 0.4) is 0 Å². The molecule has 0 amide bonds. The van der Waals surface area contributed by atoms with Gasteiger partial charge in [0.1, 0.15) is 5.75 Å².